The minimum atomic E-state index is -0.504. The van der Waals surface area contributed by atoms with Crippen LogP contribution in [0.2, 0.25) is 0 Å². The van der Waals surface area contributed by atoms with E-state index in [4.69, 9.17) is 5.73 Å². The fourth-order valence-corrected chi connectivity index (χ4v) is 2.35. The van der Waals surface area contributed by atoms with Crippen LogP contribution in [0.3, 0.4) is 0 Å². The van der Waals surface area contributed by atoms with Crippen LogP contribution in [0.15, 0.2) is 30.3 Å². The number of aliphatic hydroxyl groups excluding tert-OH is 1. The molecule has 0 bridgehead atoms. The third-order valence-corrected chi connectivity index (χ3v) is 3.48. The summed E-state index contributed by atoms with van der Waals surface area (Å²) < 4.78 is 0. The zero-order chi connectivity index (χ0) is 13.0. The van der Waals surface area contributed by atoms with Crippen molar-refractivity contribution >= 4 is 5.91 Å². The molecule has 2 unspecified atom stereocenters. The first kappa shape index (κ1) is 13.1. The molecule has 0 saturated carbocycles. The van der Waals surface area contributed by atoms with Crippen molar-refractivity contribution in [3.8, 4) is 0 Å². The van der Waals surface area contributed by atoms with Crippen molar-refractivity contribution in [1.82, 2.24) is 4.90 Å². The fraction of sp³-hybridized carbons (Fsp3) is 0.500. The second-order valence-electron chi connectivity index (χ2n) is 4.86. The highest BCUT2D eigenvalue weighted by Crippen LogP contribution is 2.20. The van der Waals surface area contributed by atoms with Crippen LogP contribution in [0.25, 0.3) is 0 Å². The van der Waals surface area contributed by atoms with Gasteiger partial charge in [-0.05, 0) is 24.4 Å². The number of rotatable bonds is 5. The third-order valence-electron chi connectivity index (χ3n) is 3.48. The minimum Gasteiger partial charge on any atom is -0.388 e. The molecule has 2 atom stereocenters. The first-order chi connectivity index (χ1) is 8.70. The second-order valence-corrected chi connectivity index (χ2v) is 4.86. The molecule has 1 aromatic rings. The average molecular weight is 248 g/mol. The summed E-state index contributed by atoms with van der Waals surface area (Å²) in [4.78, 5) is 13.5. The van der Waals surface area contributed by atoms with Crippen LogP contribution in [-0.2, 0) is 4.79 Å². The van der Waals surface area contributed by atoms with Gasteiger partial charge in [-0.15, -0.1) is 0 Å². The van der Waals surface area contributed by atoms with E-state index < -0.39 is 6.10 Å². The highest BCUT2D eigenvalue weighted by atomic mass is 16.3. The Bertz CT molecular complexity index is 394. The topological polar surface area (TPSA) is 66.6 Å². The van der Waals surface area contributed by atoms with Gasteiger partial charge >= 0.3 is 0 Å². The second kappa shape index (κ2) is 5.98. The van der Waals surface area contributed by atoms with Crippen molar-refractivity contribution in [2.45, 2.75) is 18.9 Å². The van der Waals surface area contributed by atoms with E-state index in [9.17, 15) is 9.90 Å². The molecular formula is C14H20N2O2. The number of aliphatic hydroxyl groups is 1. The predicted molar refractivity (Wildman–Crippen MR) is 69.8 cm³/mol. The summed E-state index contributed by atoms with van der Waals surface area (Å²) in [5.74, 6) is 0.442. The van der Waals surface area contributed by atoms with Crippen molar-refractivity contribution in [2.75, 3.05) is 19.6 Å². The van der Waals surface area contributed by atoms with Crippen molar-refractivity contribution in [3.05, 3.63) is 35.9 Å². The maximum Gasteiger partial charge on any atom is 0.222 e. The average Bonchev–Trinajstić information content (AvgIpc) is 2.77. The van der Waals surface area contributed by atoms with E-state index >= 15 is 0 Å². The molecular weight excluding hydrogens is 228 g/mol. The van der Waals surface area contributed by atoms with Gasteiger partial charge in [-0.3, -0.25) is 4.79 Å². The van der Waals surface area contributed by atoms with Crippen molar-refractivity contribution < 1.29 is 9.90 Å². The summed E-state index contributed by atoms with van der Waals surface area (Å²) in [6, 6.07) is 9.54. The van der Waals surface area contributed by atoms with Crippen molar-refractivity contribution in [2.24, 2.45) is 11.7 Å². The Balaban J connectivity index is 1.83. The van der Waals surface area contributed by atoms with E-state index in [1.807, 2.05) is 35.2 Å². The lowest BCUT2D eigenvalue weighted by Gasteiger charge is -2.19. The van der Waals surface area contributed by atoms with Gasteiger partial charge in [0.1, 0.15) is 0 Å². The lowest BCUT2D eigenvalue weighted by atomic mass is 10.1. The summed E-state index contributed by atoms with van der Waals surface area (Å²) in [6.07, 6.45) is 0.626. The molecule has 2 rings (SSSR count). The van der Waals surface area contributed by atoms with Crippen molar-refractivity contribution in [3.63, 3.8) is 0 Å². The summed E-state index contributed by atoms with van der Waals surface area (Å²) in [5.41, 5.74) is 6.48. The molecule has 4 nitrogen and oxygen atoms in total. The van der Waals surface area contributed by atoms with Crippen LogP contribution in [0.5, 0.6) is 0 Å². The van der Waals surface area contributed by atoms with E-state index in [0.29, 0.717) is 25.9 Å². The normalized spacial score (nSPS) is 21.3. The van der Waals surface area contributed by atoms with Gasteiger partial charge in [0.2, 0.25) is 5.91 Å². The SMILES string of the molecule is NCC1CC(=O)N(CCC(O)c2ccccc2)C1. The lowest BCUT2D eigenvalue weighted by Crippen LogP contribution is -2.28. The number of hydrogen-bond donors (Lipinski definition) is 2. The van der Waals surface area contributed by atoms with Gasteiger partial charge in [0.15, 0.2) is 0 Å². The Kier molecular flexibility index (Phi) is 4.33. The minimum absolute atomic E-state index is 0.158. The van der Waals surface area contributed by atoms with E-state index in [1.54, 1.807) is 0 Å². The van der Waals surface area contributed by atoms with Crippen LogP contribution in [0.1, 0.15) is 24.5 Å². The molecule has 0 aliphatic carbocycles. The van der Waals surface area contributed by atoms with Crippen LogP contribution < -0.4 is 5.73 Å². The Labute approximate surface area is 107 Å². The Hall–Kier alpha value is -1.39. The van der Waals surface area contributed by atoms with Crippen LogP contribution in [0.4, 0.5) is 0 Å². The third kappa shape index (κ3) is 3.09. The van der Waals surface area contributed by atoms with E-state index in [1.165, 1.54) is 0 Å². The van der Waals surface area contributed by atoms with Crippen LogP contribution >= 0.6 is 0 Å². The monoisotopic (exact) mass is 248 g/mol. The summed E-state index contributed by atoms with van der Waals surface area (Å²) in [6.45, 7) is 1.89. The Morgan fingerprint density at radius 2 is 2.11 bits per heavy atom. The zero-order valence-electron chi connectivity index (χ0n) is 10.5. The number of hydrogen-bond acceptors (Lipinski definition) is 3. The molecule has 1 aliphatic heterocycles. The maximum atomic E-state index is 11.7. The molecule has 4 heteroatoms. The van der Waals surface area contributed by atoms with Gasteiger partial charge in [0, 0.05) is 19.5 Å². The van der Waals surface area contributed by atoms with Crippen LogP contribution in [-0.4, -0.2) is 35.5 Å². The molecule has 1 aromatic carbocycles. The van der Waals surface area contributed by atoms with Crippen molar-refractivity contribution in [1.29, 1.82) is 0 Å². The van der Waals surface area contributed by atoms with Gasteiger partial charge in [0.05, 0.1) is 6.10 Å². The standard InChI is InChI=1S/C14H20N2O2/c15-9-11-8-14(18)16(10-11)7-6-13(17)12-4-2-1-3-5-12/h1-5,11,13,17H,6-10,15H2. The largest absolute Gasteiger partial charge is 0.388 e. The molecule has 1 saturated heterocycles. The summed E-state index contributed by atoms with van der Waals surface area (Å²) in [5, 5.41) is 10.0. The molecule has 1 aliphatic rings. The number of nitrogens with zero attached hydrogens (tertiary/aromatic N) is 1. The van der Waals surface area contributed by atoms with Gasteiger partial charge in [0.25, 0.3) is 0 Å². The molecule has 0 spiro atoms. The van der Waals surface area contributed by atoms with Gasteiger partial charge in [-0.25, -0.2) is 0 Å². The highest BCUT2D eigenvalue weighted by Gasteiger charge is 2.28. The number of likely N-dealkylation sites (tertiary alicyclic amines) is 1. The van der Waals surface area contributed by atoms with E-state index in [-0.39, 0.29) is 11.8 Å². The number of nitrogens with two attached hydrogens (primary N) is 1. The van der Waals surface area contributed by atoms with E-state index in [0.717, 1.165) is 12.1 Å². The Morgan fingerprint density at radius 3 is 2.72 bits per heavy atom. The van der Waals surface area contributed by atoms with Gasteiger partial charge < -0.3 is 15.7 Å². The molecule has 1 amide bonds. The van der Waals surface area contributed by atoms with E-state index in [2.05, 4.69) is 0 Å². The lowest BCUT2D eigenvalue weighted by molar-refractivity contribution is -0.128. The first-order valence-corrected chi connectivity index (χ1v) is 6.41. The highest BCUT2D eigenvalue weighted by molar-refractivity contribution is 5.78. The zero-order valence-corrected chi connectivity index (χ0v) is 10.5. The van der Waals surface area contributed by atoms with Crippen LogP contribution in [0, 0.1) is 5.92 Å². The molecule has 18 heavy (non-hydrogen) atoms. The molecule has 0 radical (unpaired) electrons. The van der Waals surface area contributed by atoms with Gasteiger partial charge in [-0.1, -0.05) is 30.3 Å². The number of amides is 1. The molecule has 0 aromatic heterocycles. The first-order valence-electron chi connectivity index (χ1n) is 6.41. The van der Waals surface area contributed by atoms with Gasteiger partial charge in [-0.2, -0.15) is 0 Å². The number of benzene rings is 1. The Morgan fingerprint density at radius 1 is 1.39 bits per heavy atom. The molecule has 1 fully saturated rings. The quantitative estimate of drug-likeness (QED) is 0.814. The summed E-state index contributed by atoms with van der Waals surface area (Å²) in [7, 11) is 0. The summed E-state index contributed by atoms with van der Waals surface area (Å²) >= 11 is 0. The number of carbonyl (C=O) groups is 1. The smallest absolute Gasteiger partial charge is 0.222 e. The number of carbonyl (C=O) groups excluding carboxylic acids is 1. The fourth-order valence-electron chi connectivity index (χ4n) is 2.35. The molecule has 3 N–H and O–H groups in total. The maximum absolute atomic E-state index is 11.7. The molecule has 1 heterocycles. The predicted octanol–water partition coefficient (Wildman–Crippen LogP) is 0.917. The molecule has 98 valence electrons.